The number of rotatable bonds is 8. The molecule has 1 saturated heterocycles. The van der Waals surface area contributed by atoms with Crippen LogP contribution in [0.25, 0.3) is 0 Å². The van der Waals surface area contributed by atoms with E-state index in [1.54, 1.807) is 0 Å². The molecule has 0 radical (unpaired) electrons. The highest BCUT2D eigenvalue weighted by Gasteiger charge is 2.15. The Kier molecular flexibility index (Phi) is 7.34. The number of hydrogen-bond acceptors (Lipinski definition) is 4. The minimum atomic E-state index is -0.311. The first-order chi connectivity index (χ1) is 9.01. The molecule has 0 bridgehead atoms. The average Bonchev–Trinajstić information content (AvgIpc) is 2.37. The van der Waals surface area contributed by atoms with Crippen molar-refractivity contribution in [3.05, 3.63) is 0 Å². The smallest absolute Gasteiger partial charge is 0.233 e. The second-order valence-electron chi connectivity index (χ2n) is 5.96. The monoisotopic (exact) mass is 272 g/mol. The highest BCUT2D eigenvalue weighted by Crippen LogP contribution is 2.10. The van der Waals surface area contributed by atoms with Gasteiger partial charge in [0.25, 0.3) is 0 Å². The van der Waals surface area contributed by atoms with E-state index in [-0.39, 0.29) is 5.60 Å². The Morgan fingerprint density at radius 2 is 1.89 bits per heavy atom. The summed E-state index contributed by atoms with van der Waals surface area (Å²) < 4.78 is 5.32. The third-order valence-electron chi connectivity index (χ3n) is 2.97. The second kappa shape index (κ2) is 8.51. The van der Waals surface area contributed by atoms with Gasteiger partial charge < -0.3 is 4.74 Å². The molecule has 1 aliphatic heterocycles. The van der Waals surface area contributed by atoms with Gasteiger partial charge in [0, 0.05) is 19.6 Å². The number of unbranched alkanes of at least 4 members (excludes halogenated alkanes) is 2. The number of nitrogens with zero attached hydrogens (tertiary/aromatic N) is 2. The number of hydrogen-bond donors (Lipinski definition) is 0. The Bertz CT molecular complexity index is 248. The van der Waals surface area contributed by atoms with Crippen molar-refractivity contribution in [2.75, 3.05) is 39.4 Å². The Morgan fingerprint density at radius 1 is 1.21 bits per heavy atom. The highest BCUT2D eigenvalue weighted by molar-refractivity contribution is 5.44. The van der Waals surface area contributed by atoms with E-state index in [0.717, 1.165) is 52.1 Å². The van der Waals surface area contributed by atoms with Crippen molar-refractivity contribution < 1.29 is 14.4 Å². The summed E-state index contributed by atoms with van der Waals surface area (Å²) in [5.41, 5.74) is -0.311. The summed E-state index contributed by atoms with van der Waals surface area (Å²) in [6.45, 7) is 11.5. The molecule has 1 amide bonds. The van der Waals surface area contributed by atoms with Gasteiger partial charge >= 0.3 is 0 Å². The van der Waals surface area contributed by atoms with Gasteiger partial charge in [-0.15, -0.1) is 0 Å². The predicted molar refractivity (Wildman–Crippen MR) is 74.7 cm³/mol. The van der Waals surface area contributed by atoms with Gasteiger partial charge in [-0.3, -0.25) is 14.5 Å². The second-order valence-corrected chi connectivity index (χ2v) is 5.96. The van der Waals surface area contributed by atoms with Crippen LogP contribution in [0, 0.1) is 0 Å². The molecule has 1 aliphatic rings. The highest BCUT2D eigenvalue weighted by atomic mass is 16.7. The molecular weight excluding hydrogens is 244 g/mol. The molecule has 19 heavy (non-hydrogen) atoms. The van der Waals surface area contributed by atoms with E-state index in [1.807, 2.05) is 20.8 Å². The van der Waals surface area contributed by atoms with Gasteiger partial charge in [0.1, 0.15) is 0 Å². The van der Waals surface area contributed by atoms with Gasteiger partial charge in [-0.1, -0.05) is 6.42 Å². The fraction of sp³-hybridized carbons (Fsp3) is 0.929. The molecule has 0 aromatic carbocycles. The summed E-state index contributed by atoms with van der Waals surface area (Å²) >= 11 is 0. The van der Waals surface area contributed by atoms with Gasteiger partial charge in [-0.25, -0.2) is 5.06 Å². The lowest BCUT2D eigenvalue weighted by Crippen LogP contribution is -2.37. The first-order valence-corrected chi connectivity index (χ1v) is 7.22. The van der Waals surface area contributed by atoms with Crippen molar-refractivity contribution in [3.8, 4) is 0 Å². The summed E-state index contributed by atoms with van der Waals surface area (Å²) in [7, 11) is 0. The molecule has 0 atom stereocenters. The van der Waals surface area contributed by atoms with E-state index in [1.165, 1.54) is 11.5 Å². The standard InChI is InChI=1S/C14H28N2O3/c1-14(2,3)19-16(13-17)8-6-4-5-7-15-9-11-18-12-10-15/h13H,4-12H2,1-3H3. The molecule has 5 nitrogen and oxygen atoms in total. The maximum absolute atomic E-state index is 10.9. The molecule has 5 heteroatoms. The van der Waals surface area contributed by atoms with Crippen LogP contribution in [0.1, 0.15) is 40.0 Å². The molecule has 0 aromatic heterocycles. The molecule has 112 valence electrons. The van der Waals surface area contributed by atoms with E-state index < -0.39 is 0 Å². The van der Waals surface area contributed by atoms with Crippen molar-refractivity contribution in [2.45, 2.75) is 45.6 Å². The molecule has 0 unspecified atom stereocenters. The first-order valence-electron chi connectivity index (χ1n) is 7.22. The van der Waals surface area contributed by atoms with Gasteiger partial charge in [-0.2, -0.15) is 0 Å². The Labute approximate surface area is 116 Å². The van der Waals surface area contributed by atoms with Crippen LogP contribution in [-0.4, -0.2) is 61.4 Å². The van der Waals surface area contributed by atoms with E-state index >= 15 is 0 Å². The van der Waals surface area contributed by atoms with Crippen LogP contribution in [0.15, 0.2) is 0 Å². The van der Waals surface area contributed by atoms with Crippen molar-refractivity contribution >= 4 is 6.41 Å². The zero-order valence-corrected chi connectivity index (χ0v) is 12.6. The number of amides is 1. The predicted octanol–water partition coefficient (Wildman–Crippen LogP) is 1.68. The molecule has 0 aliphatic carbocycles. The van der Waals surface area contributed by atoms with Crippen molar-refractivity contribution in [1.82, 2.24) is 9.96 Å². The Balaban J connectivity index is 2.03. The first kappa shape index (κ1) is 16.4. The van der Waals surface area contributed by atoms with Crippen LogP contribution in [0.3, 0.4) is 0 Å². The van der Waals surface area contributed by atoms with Gasteiger partial charge in [-0.05, 0) is 40.2 Å². The fourth-order valence-electron chi connectivity index (χ4n) is 2.08. The van der Waals surface area contributed by atoms with Gasteiger partial charge in [0.15, 0.2) is 0 Å². The molecule has 0 N–H and O–H groups in total. The Hall–Kier alpha value is -0.650. The maximum Gasteiger partial charge on any atom is 0.233 e. The number of carbonyl (C=O) groups is 1. The van der Waals surface area contributed by atoms with Crippen LogP contribution in [0.4, 0.5) is 0 Å². The minimum absolute atomic E-state index is 0.311. The van der Waals surface area contributed by atoms with E-state index in [0.29, 0.717) is 6.54 Å². The van der Waals surface area contributed by atoms with Crippen LogP contribution >= 0.6 is 0 Å². The summed E-state index contributed by atoms with van der Waals surface area (Å²) in [5, 5.41) is 1.41. The molecule has 1 fully saturated rings. The van der Waals surface area contributed by atoms with Crippen LogP contribution in [0.5, 0.6) is 0 Å². The molecule has 0 spiro atoms. The number of carbonyl (C=O) groups excluding carboxylic acids is 1. The number of hydroxylamine groups is 2. The number of morpholine rings is 1. The fourth-order valence-corrected chi connectivity index (χ4v) is 2.08. The van der Waals surface area contributed by atoms with Crippen LogP contribution < -0.4 is 0 Å². The summed E-state index contributed by atoms with van der Waals surface area (Å²) in [6.07, 6.45) is 4.05. The van der Waals surface area contributed by atoms with Gasteiger partial charge in [0.2, 0.25) is 6.41 Å². The molecule has 1 heterocycles. The van der Waals surface area contributed by atoms with Crippen molar-refractivity contribution in [2.24, 2.45) is 0 Å². The maximum atomic E-state index is 10.9. The van der Waals surface area contributed by atoms with Crippen molar-refractivity contribution in [3.63, 3.8) is 0 Å². The summed E-state index contributed by atoms with van der Waals surface area (Å²) in [5.74, 6) is 0. The summed E-state index contributed by atoms with van der Waals surface area (Å²) in [6, 6.07) is 0. The SMILES string of the molecule is CC(C)(C)ON(C=O)CCCCCN1CCOCC1. The van der Waals surface area contributed by atoms with E-state index in [2.05, 4.69) is 4.90 Å². The van der Waals surface area contributed by atoms with Gasteiger partial charge in [0.05, 0.1) is 18.8 Å². The minimum Gasteiger partial charge on any atom is -0.379 e. The largest absolute Gasteiger partial charge is 0.379 e. The third kappa shape index (κ3) is 8.18. The quantitative estimate of drug-likeness (QED) is 0.383. The third-order valence-corrected chi connectivity index (χ3v) is 2.97. The molecular formula is C14H28N2O3. The average molecular weight is 272 g/mol. The topological polar surface area (TPSA) is 42.0 Å². The number of ether oxygens (including phenoxy) is 1. The van der Waals surface area contributed by atoms with Crippen molar-refractivity contribution in [1.29, 1.82) is 0 Å². The lowest BCUT2D eigenvalue weighted by Gasteiger charge is -2.27. The lowest BCUT2D eigenvalue weighted by molar-refractivity contribution is -0.216. The Morgan fingerprint density at radius 3 is 2.47 bits per heavy atom. The molecule has 1 rings (SSSR count). The zero-order chi connectivity index (χ0) is 14.1. The normalized spacial score (nSPS) is 17.4. The molecule has 0 aromatic rings. The van der Waals surface area contributed by atoms with Crippen LogP contribution in [0.2, 0.25) is 0 Å². The lowest BCUT2D eigenvalue weighted by atomic mass is 10.2. The van der Waals surface area contributed by atoms with E-state index in [4.69, 9.17) is 9.57 Å². The molecule has 0 saturated carbocycles. The zero-order valence-electron chi connectivity index (χ0n) is 12.6. The summed E-state index contributed by atoms with van der Waals surface area (Å²) in [4.78, 5) is 18.8. The van der Waals surface area contributed by atoms with Crippen LogP contribution in [-0.2, 0) is 14.4 Å². The van der Waals surface area contributed by atoms with E-state index in [9.17, 15) is 4.79 Å².